The molecule has 0 spiro atoms. The fourth-order valence-electron chi connectivity index (χ4n) is 2.94. The zero-order chi connectivity index (χ0) is 20.6. The molecule has 6 nitrogen and oxygen atoms in total. The van der Waals surface area contributed by atoms with Crippen LogP contribution in [0.15, 0.2) is 48.5 Å². The number of morpholine rings is 1. The van der Waals surface area contributed by atoms with Gasteiger partial charge in [0.25, 0.3) is 5.91 Å². The van der Waals surface area contributed by atoms with Crippen molar-refractivity contribution in [1.29, 1.82) is 0 Å². The van der Waals surface area contributed by atoms with Gasteiger partial charge in [0.05, 0.1) is 20.3 Å². The summed E-state index contributed by atoms with van der Waals surface area (Å²) in [4.78, 5) is 26.2. The smallest absolute Gasteiger partial charge is 0.260 e. The second-order valence-corrected chi connectivity index (χ2v) is 6.76. The van der Waals surface area contributed by atoms with Crippen molar-refractivity contribution in [2.75, 3.05) is 40.0 Å². The molecule has 0 atom stereocenters. The summed E-state index contributed by atoms with van der Waals surface area (Å²) in [6.07, 6.45) is 3.26. The Kier molecular flexibility index (Phi) is 7.03. The molecule has 0 radical (unpaired) electrons. The van der Waals surface area contributed by atoms with E-state index in [1.165, 1.54) is 13.2 Å². The molecule has 1 aliphatic heterocycles. The molecule has 2 aromatic rings. The van der Waals surface area contributed by atoms with E-state index in [1.807, 2.05) is 37.3 Å². The van der Waals surface area contributed by atoms with Crippen molar-refractivity contribution < 1.29 is 23.8 Å². The van der Waals surface area contributed by atoms with Crippen LogP contribution in [0.1, 0.15) is 21.5 Å². The normalized spacial score (nSPS) is 14.1. The van der Waals surface area contributed by atoms with Gasteiger partial charge in [0, 0.05) is 18.7 Å². The molecule has 0 unspecified atom stereocenters. The monoisotopic (exact) mass is 395 g/mol. The van der Waals surface area contributed by atoms with Gasteiger partial charge >= 0.3 is 0 Å². The Balaban J connectivity index is 1.62. The van der Waals surface area contributed by atoms with Crippen molar-refractivity contribution in [2.24, 2.45) is 0 Å². The number of methoxy groups -OCH3 is 1. The Morgan fingerprint density at radius 2 is 1.79 bits per heavy atom. The SMILES string of the molecule is COc1cc(/C=C/C(=O)c2ccc(C)cc2)ccc1OCC(=O)N1CCOCC1. The molecule has 0 aliphatic carbocycles. The number of allylic oxidation sites excluding steroid dienone is 1. The number of carbonyl (C=O) groups excluding carboxylic acids is 2. The van der Waals surface area contributed by atoms with Gasteiger partial charge in [0.15, 0.2) is 23.9 Å². The number of aryl methyl sites for hydroxylation is 1. The molecule has 0 N–H and O–H groups in total. The van der Waals surface area contributed by atoms with E-state index in [9.17, 15) is 9.59 Å². The number of carbonyl (C=O) groups is 2. The average molecular weight is 395 g/mol. The first-order chi connectivity index (χ1) is 14.1. The molecule has 1 fully saturated rings. The number of ketones is 1. The number of hydrogen-bond donors (Lipinski definition) is 0. The molecule has 0 bridgehead atoms. The molecule has 1 aliphatic rings. The lowest BCUT2D eigenvalue weighted by atomic mass is 10.1. The van der Waals surface area contributed by atoms with E-state index in [1.54, 1.807) is 23.1 Å². The summed E-state index contributed by atoms with van der Waals surface area (Å²) in [7, 11) is 1.54. The first-order valence-electron chi connectivity index (χ1n) is 9.52. The highest BCUT2D eigenvalue weighted by Crippen LogP contribution is 2.28. The Labute approximate surface area is 170 Å². The third-order valence-electron chi connectivity index (χ3n) is 4.67. The summed E-state index contributed by atoms with van der Waals surface area (Å²) in [5.74, 6) is 0.837. The molecule has 29 heavy (non-hydrogen) atoms. The highest BCUT2D eigenvalue weighted by Gasteiger charge is 2.18. The zero-order valence-corrected chi connectivity index (χ0v) is 16.7. The minimum Gasteiger partial charge on any atom is -0.493 e. The van der Waals surface area contributed by atoms with Crippen LogP contribution in [0, 0.1) is 6.92 Å². The zero-order valence-electron chi connectivity index (χ0n) is 16.7. The van der Waals surface area contributed by atoms with Crippen molar-refractivity contribution in [3.8, 4) is 11.5 Å². The maximum atomic E-state index is 12.3. The van der Waals surface area contributed by atoms with Crippen LogP contribution in [0.4, 0.5) is 0 Å². The number of rotatable bonds is 7. The second-order valence-electron chi connectivity index (χ2n) is 6.76. The largest absolute Gasteiger partial charge is 0.493 e. The molecule has 1 amide bonds. The van der Waals surface area contributed by atoms with E-state index >= 15 is 0 Å². The Hall–Kier alpha value is -3.12. The summed E-state index contributed by atoms with van der Waals surface area (Å²) in [6.45, 7) is 4.19. The molecule has 2 aromatic carbocycles. The van der Waals surface area contributed by atoms with Crippen molar-refractivity contribution in [2.45, 2.75) is 6.92 Å². The summed E-state index contributed by atoms with van der Waals surface area (Å²) in [5.41, 5.74) is 2.55. The average Bonchev–Trinajstić information content (AvgIpc) is 2.77. The van der Waals surface area contributed by atoms with Gasteiger partial charge in [-0.05, 0) is 30.7 Å². The van der Waals surface area contributed by atoms with Gasteiger partial charge in [-0.15, -0.1) is 0 Å². The van der Waals surface area contributed by atoms with Crippen molar-refractivity contribution >= 4 is 17.8 Å². The Morgan fingerprint density at radius 3 is 2.48 bits per heavy atom. The molecule has 6 heteroatoms. The highest BCUT2D eigenvalue weighted by molar-refractivity contribution is 6.06. The van der Waals surface area contributed by atoms with E-state index < -0.39 is 0 Å². The van der Waals surface area contributed by atoms with Gasteiger partial charge in [0.1, 0.15) is 0 Å². The van der Waals surface area contributed by atoms with Gasteiger partial charge in [0.2, 0.25) is 0 Å². The van der Waals surface area contributed by atoms with Crippen LogP contribution in [0.2, 0.25) is 0 Å². The summed E-state index contributed by atoms with van der Waals surface area (Å²) >= 11 is 0. The van der Waals surface area contributed by atoms with E-state index in [2.05, 4.69) is 0 Å². The molecule has 1 heterocycles. The molecule has 152 valence electrons. The lowest BCUT2D eigenvalue weighted by molar-refractivity contribution is -0.137. The van der Waals surface area contributed by atoms with Crippen molar-refractivity contribution in [1.82, 2.24) is 4.90 Å². The van der Waals surface area contributed by atoms with Gasteiger partial charge < -0.3 is 19.1 Å². The van der Waals surface area contributed by atoms with Gasteiger partial charge in [-0.3, -0.25) is 9.59 Å². The van der Waals surface area contributed by atoms with Crippen LogP contribution in [-0.4, -0.2) is 56.6 Å². The minimum absolute atomic E-state index is 0.0581. The van der Waals surface area contributed by atoms with Crippen LogP contribution in [-0.2, 0) is 9.53 Å². The standard InChI is InChI=1S/C23H25NO5/c1-17-3-7-19(8-4-17)20(25)9-5-18-6-10-21(22(15-18)27-2)29-16-23(26)24-11-13-28-14-12-24/h3-10,15H,11-14,16H2,1-2H3/b9-5+. The fraction of sp³-hybridized carbons (Fsp3) is 0.304. The molecular weight excluding hydrogens is 370 g/mol. The minimum atomic E-state index is -0.0805. The predicted octanol–water partition coefficient (Wildman–Crippen LogP) is 3.14. The number of hydrogen-bond acceptors (Lipinski definition) is 5. The highest BCUT2D eigenvalue weighted by atomic mass is 16.5. The maximum absolute atomic E-state index is 12.3. The van der Waals surface area contributed by atoms with Crippen LogP contribution in [0.25, 0.3) is 6.08 Å². The third-order valence-corrected chi connectivity index (χ3v) is 4.67. The first-order valence-corrected chi connectivity index (χ1v) is 9.52. The van der Waals surface area contributed by atoms with Crippen LogP contribution in [0.5, 0.6) is 11.5 Å². The van der Waals surface area contributed by atoms with Crippen LogP contribution < -0.4 is 9.47 Å². The second kappa shape index (κ2) is 9.89. The number of ether oxygens (including phenoxy) is 3. The quantitative estimate of drug-likeness (QED) is 0.532. The van der Waals surface area contributed by atoms with Gasteiger partial charge in [-0.2, -0.15) is 0 Å². The Bertz CT molecular complexity index is 883. The van der Waals surface area contributed by atoms with Crippen molar-refractivity contribution in [3.05, 3.63) is 65.2 Å². The molecule has 3 rings (SSSR count). The summed E-state index contributed by atoms with van der Waals surface area (Å²) in [5, 5.41) is 0. The molecule has 0 saturated carbocycles. The first kappa shape index (κ1) is 20.6. The third kappa shape index (κ3) is 5.68. The van der Waals surface area contributed by atoms with E-state index in [0.29, 0.717) is 43.4 Å². The van der Waals surface area contributed by atoms with Crippen molar-refractivity contribution in [3.63, 3.8) is 0 Å². The molecular formula is C23H25NO5. The van der Waals surface area contributed by atoms with Crippen LogP contribution >= 0.6 is 0 Å². The fourth-order valence-corrected chi connectivity index (χ4v) is 2.94. The Morgan fingerprint density at radius 1 is 1.07 bits per heavy atom. The number of nitrogens with zero attached hydrogens (tertiary/aromatic N) is 1. The topological polar surface area (TPSA) is 65.1 Å². The molecule has 1 saturated heterocycles. The summed E-state index contributed by atoms with van der Waals surface area (Å²) in [6, 6.07) is 12.8. The van der Waals surface area contributed by atoms with Crippen LogP contribution in [0.3, 0.4) is 0 Å². The van der Waals surface area contributed by atoms with Gasteiger partial charge in [-0.25, -0.2) is 0 Å². The van der Waals surface area contributed by atoms with E-state index in [-0.39, 0.29) is 18.3 Å². The summed E-state index contributed by atoms with van der Waals surface area (Å²) < 4.78 is 16.3. The van der Waals surface area contributed by atoms with Gasteiger partial charge in [-0.1, -0.05) is 42.0 Å². The number of benzene rings is 2. The number of amides is 1. The van der Waals surface area contributed by atoms with E-state index in [0.717, 1.165) is 11.1 Å². The lowest BCUT2D eigenvalue weighted by Gasteiger charge is -2.26. The predicted molar refractivity (Wildman–Crippen MR) is 110 cm³/mol. The maximum Gasteiger partial charge on any atom is 0.260 e. The molecule has 0 aromatic heterocycles. The van der Waals surface area contributed by atoms with E-state index in [4.69, 9.17) is 14.2 Å². The lowest BCUT2D eigenvalue weighted by Crippen LogP contribution is -2.43.